The maximum atomic E-state index is 5.60. The van der Waals surface area contributed by atoms with Gasteiger partial charge in [-0.25, -0.2) is 11.0 Å². The lowest BCUT2D eigenvalue weighted by Crippen LogP contribution is -2.26. The number of aromatic nitrogens is 1. The van der Waals surface area contributed by atoms with Crippen LogP contribution in [-0.2, 0) is 0 Å². The third-order valence-corrected chi connectivity index (χ3v) is 1.72. The van der Waals surface area contributed by atoms with E-state index in [0.29, 0.717) is 5.69 Å². The van der Waals surface area contributed by atoms with Crippen molar-refractivity contribution < 1.29 is 0 Å². The number of nitrogens with two attached hydrogens (primary N) is 2. The van der Waals surface area contributed by atoms with Crippen molar-refractivity contribution in [2.24, 2.45) is 16.7 Å². The Morgan fingerprint density at radius 3 is 2.77 bits per heavy atom. The summed E-state index contributed by atoms with van der Waals surface area (Å²) < 4.78 is 0.894. The fourth-order valence-corrected chi connectivity index (χ4v) is 0.983. The van der Waals surface area contributed by atoms with Gasteiger partial charge in [0, 0.05) is 17.7 Å². The predicted octanol–water partition coefficient (Wildman–Crippen LogP) is 0.270. The van der Waals surface area contributed by atoms with E-state index in [4.69, 9.17) is 11.6 Å². The van der Waals surface area contributed by atoms with Crippen molar-refractivity contribution in [3.05, 3.63) is 28.5 Å². The predicted molar refractivity (Wildman–Crippen MR) is 54.6 cm³/mol. The van der Waals surface area contributed by atoms with Crippen molar-refractivity contribution in [3.8, 4) is 0 Å². The Balaban J connectivity index is 2.89. The summed E-state index contributed by atoms with van der Waals surface area (Å²) in [5.41, 5.74) is 6.19. The molecule has 0 aliphatic heterocycles. The van der Waals surface area contributed by atoms with Crippen LogP contribution in [0.5, 0.6) is 0 Å². The minimum Gasteiger partial charge on any atom is -0.380 e. The zero-order valence-electron chi connectivity index (χ0n) is 7.11. The molecule has 6 heteroatoms. The zero-order chi connectivity index (χ0) is 9.84. The molecule has 0 atom stereocenters. The Kier molecular flexibility index (Phi) is 3.21. The highest BCUT2D eigenvalue weighted by atomic mass is 79.9. The van der Waals surface area contributed by atoms with Crippen LogP contribution >= 0.6 is 15.9 Å². The van der Waals surface area contributed by atoms with Crippen LogP contribution in [0.15, 0.2) is 27.9 Å². The van der Waals surface area contributed by atoms with Crippen molar-refractivity contribution in [1.29, 1.82) is 0 Å². The average Bonchev–Trinajstić information content (AvgIpc) is 2.04. The quantitative estimate of drug-likeness (QED) is 0.338. The van der Waals surface area contributed by atoms with Gasteiger partial charge < -0.3 is 5.73 Å². The van der Waals surface area contributed by atoms with Crippen molar-refractivity contribution in [2.75, 3.05) is 7.05 Å². The van der Waals surface area contributed by atoms with Crippen LogP contribution in [0.3, 0.4) is 0 Å². The Hall–Kier alpha value is -1.14. The maximum absolute atomic E-state index is 5.60. The fraction of sp³-hybridized carbons (Fsp3) is 0.143. The number of hydrazone groups is 1. The molecule has 0 saturated carbocycles. The molecule has 1 aromatic heterocycles. The molecule has 0 amide bonds. The number of halogens is 1. The van der Waals surface area contributed by atoms with E-state index in [1.54, 1.807) is 19.3 Å². The number of pyridine rings is 1. The molecule has 1 heterocycles. The topological polar surface area (TPSA) is 80.5 Å². The minimum absolute atomic E-state index is 0.289. The lowest BCUT2D eigenvalue weighted by molar-refractivity contribution is 0.371. The second-order valence-electron chi connectivity index (χ2n) is 2.42. The standard InChI is InChI=1S/C7H10BrN5/c1-13(10)12-7(9)6-3-2-5(8)4-11-6/h2-4H,10H2,1H3,(H2,9,12). The third kappa shape index (κ3) is 3.00. The van der Waals surface area contributed by atoms with Crippen LogP contribution in [0.1, 0.15) is 5.69 Å². The van der Waals surface area contributed by atoms with E-state index in [1.165, 1.54) is 0 Å². The highest BCUT2D eigenvalue weighted by Crippen LogP contribution is 2.06. The van der Waals surface area contributed by atoms with Crippen molar-refractivity contribution in [1.82, 2.24) is 10.1 Å². The van der Waals surface area contributed by atoms with Gasteiger partial charge in [0.25, 0.3) is 0 Å². The molecule has 0 saturated heterocycles. The van der Waals surface area contributed by atoms with Gasteiger partial charge in [-0.05, 0) is 28.1 Å². The number of hydrazine groups is 1. The summed E-state index contributed by atoms with van der Waals surface area (Å²) in [5.74, 6) is 5.58. The molecule has 4 N–H and O–H groups in total. The molecule has 5 nitrogen and oxygen atoms in total. The molecular weight excluding hydrogens is 234 g/mol. The third-order valence-electron chi connectivity index (χ3n) is 1.26. The van der Waals surface area contributed by atoms with Crippen LogP contribution in [0.2, 0.25) is 0 Å². The Bertz CT molecular complexity index is 305. The Morgan fingerprint density at radius 2 is 2.31 bits per heavy atom. The average molecular weight is 244 g/mol. The minimum atomic E-state index is 0.289. The number of hydrogen-bond donors (Lipinski definition) is 2. The van der Waals surface area contributed by atoms with Gasteiger partial charge in [-0.15, -0.1) is 5.10 Å². The van der Waals surface area contributed by atoms with Gasteiger partial charge in [0.05, 0.1) is 0 Å². The van der Waals surface area contributed by atoms with Gasteiger partial charge in [-0.1, -0.05) is 0 Å². The molecule has 0 fully saturated rings. The van der Waals surface area contributed by atoms with Crippen LogP contribution in [-0.4, -0.2) is 23.0 Å². The van der Waals surface area contributed by atoms with E-state index in [0.717, 1.165) is 9.59 Å². The molecule has 70 valence electrons. The van der Waals surface area contributed by atoms with Gasteiger partial charge >= 0.3 is 0 Å². The first-order valence-electron chi connectivity index (χ1n) is 3.54. The van der Waals surface area contributed by atoms with Crippen LogP contribution in [0.4, 0.5) is 0 Å². The molecule has 0 bridgehead atoms. The summed E-state index contributed by atoms with van der Waals surface area (Å²) in [6.07, 6.45) is 1.65. The van der Waals surface area contributed by atoms with E-state index in [9.17, 15) is 0 Å². The summed E-state index contributed by atoms with van der Waals surface area (Å²) >= 11 is 3.27. The van der Waals surface area contributed by atoms with E-state index in [1.807, 2.05) is 6.07 Å². The second-order valence-corrected chi connectivity index (χ2v) is 3.34. The molecular formula is C7H10BrN5. The van der Waals surface area contributed by atoms with Crippen molar-refractivity contribution in [2.45, 2.75) is 0 Å². The summed E-state index contributed by atoms with van der Waals surface area (Å²) in [6.45, 7) is 0. The molecule has 1 rings (SSSR count). The first kappa shape index (κ1) is 9.94. The molecule has 0 aliphatic rings. The number of amidine groups is 1. The molecule has 1 aromatic rings. The van der Waals surface area contributed by atoms with Crippen LogP contribution < -0.4 is 11.6 Å². The smallest absolute Gasteiger partial charge is 0.171 e. The van der Waals surface area contributed by atoms with Gasteiger partial charge in [-0.3, -0.25) is 4.98 Å². The van der Waals surface area contributed by atoms with E-state index in [-0.39, 0.29) is 5.84 Å². The highest BCUT2D eigenvalue weighted by Gasteiger charge is 1.99. The highest BCUT2D eigenvalue weighted by molar-refractivity contribution is 9.10. The van der Waals surface area contributed by atoms with Gasteiger partial charge in [0.15, 0.2) is 5.84 Å². The summed E-state index contributed by atoms with van der Waals surface area (Å²) in [7, 11) is 1.59. The van der Waals surface area contributed by atoms with E-state index < -0.39 is 0 Å². The van der Waals surface area contributed by atoms with Gasteiger partial charge in [0.2, 0.25) is 0 Å². The monoisotopic (exact) mass is 243 g/mol. The summed E-state index contributed by atoms with van der Waals surface area (Å²) in [4.78, 5) is 4.05. The zero-order valence-corrected chi connectivity index (χ0v) is 8.69. The van der Waals surface area contributed by atoms with Gasteiger partial charge in [0.1, 0.15) is 5.69 Å². The fourth-order valence-electron chi connectivity index (χ4n) is 0.748. The normalized spacial score (nSPS) is 11.5. The maximum Gasteiger partial charge on any atom is 0.171 e. The SMILES string of the molecule is CN(N)/N=C(\N)c1ccc(Br)cn1. The molecule has 0 unspecified atom stereocenters. The van der Waals surface area contributed by atoms with Crippen LogP contribution in [0, 0.1) is 0 Å². The van der Waals surface area contributed by atoms with Crippen molar-refractivity contribution in [3.63, 3.8) is 0 Å². The summed E-state index contributed by atoms with van der Waals surface area (Å²) in [5, 5.41) is 4.94. The second kappa shape index (κ2) is 4.20. The first-order valence-corrected chi connectivity index (χ1v) is 4.33. The van der Waals surface area contributed by atoms with Gasteiger partial charge in [-0.2, -0.15) is 0 Å². The number of nitrogens with zero attached hydrogens (tertiary/aromatic N) is 3. The molecule has 0 aliphatic carbocycles. The first-order chi connectivity index (χ1) is 6.09. The van der Waals surface area contributed by atoms with E-state index in [2.05, 4.69) is 26.0 Å². The molecule has 0 spiro atoms. The largest absolute Gasteiger partial charge is 0.380 e. The Morgan fingerprint density at radius 1 is 1.62 bits per heavy atom. The molecule has 13 heavy (non-hydrogen) atoms. The number of hydrogen-bond acceptors (Lipinski definition) is 4. The lowest BCUT2D eigenvalue weighted by atomic mass is 10.3. The molecule has 0 aromatic carbocycles. The number of rotatable bonds is 2. The summed E-state index contributed by atoms with van der Waals surface area (Å²) in [6, 6.07) is 3.59. The van der Waals surface area contributed by atoms with Crippen molar-refractivity contribution >= 4 is 21.8 Å². The van der Waals surface area contributed by atoms with Crippen LogP contribution in [0.25, 0.3) is 0 Å². The Labute approximate surface area is 84.5 Å². The van der Waals surface area contributed by atoms with E-state index >= 15 is 0 Å². The lowest BCUT2D eigenvalue weighted by Gasteiger charge is -2.05. The molecule has 0 radical (unpaired) electrons.